The maximum absolute atomic E-state index is 9.18. The zero-order chi connectivity index (χ0) is 12.7. The second-order valence-electron chi connectivity index (χ2n) is 3.31. The van der Waals surface area contributed by atoms with Gasteiger partial charge in [-0.15, -0.1) is 0 Å². The van der Waals surface area contributed by atoms with Gasteiger partial charge in [0.25, 0.3) is 6.47 Å². The molecule has 0 saturated heterocycles. The van der Waals surface area contributed by atoms with E-state index in [4.69, 9.17) is 5.26 Å². The highest BCUT2D eigenvalue weighted by Gasteiger charge is 2.02. The zero-order valence-corrected chi connectivity index (χ0v) is 9.88. The molecule has 0 radical (unpaired) electrons. The average molecular weight is 230 g/mol. The molecular formula is C13H14N2O2. The molecule has 2 aromatic rings. The summed E-state index contributed by atoms with van der Waals surface area (Å²) in [5.74, 6) is 0. The molecule has 0 saturated carbocycles. The lowest BCUT2D eigenvalue weighted by molar-refractivity contribution is -0.128. The van der Waals surface area contributed by atoms with E-state index < -0.39 is 0 Å². The molecule has 0 spiro atoms. The molecule has 4 heteroatoms. The van der Waals surface area contributed by atoms with Gasteiger partial charge in [0, 0.05) is 18.0 Å². The molecule has 1 aromatic heterocycles. The molecule has 0 aliphatic carbocycles. The molecule has 4 nitrogen and oxygen atoms in total. The minimum atomic E-state index is 0.431. The van der Waals surface area contributed by atoms with Crippen molar-refractivity contribution in [3.8, 4) is 6.07 Å². The number of hydrogen-bond donors (Lipinski definition) is 0. The Labute approximate surface area is 100 Å². The first-order chi connectivity index (χ1) is 8.24. The van der Waals surface area contributed by atoms with Crippen LogP contribution < -0.4 is 0 Å². The molecule has 0 unspecified atom stereocenters. The third-order valence-electron chi connectivity index (χ3n) is 2.30. The summed E-state index contributed by atoms with van der Waals surface area (Å²) in [7, 11) is 1.90. The Balaban J connectivity index is 0.000000249. The van der Waals surface area contributed by atoms with Crippen molar-refractivity contribution in [1.82, 2.24) is 4.57 Å². The Morgan fingerprint density at radius 1 is 1.47 bits per heavy atom. The summed E-state index contributed by atoms with van der Waals surface area (Å²) >= 11 is 0. The zero-order valence-electron chi connectivity index (χ0n) is 9.88. The van der Waals surface area contributed by atoms with Crippen molar-refractivity contribution in [3.05, 3.63) is 36.0 Å². The number of fused-ring (bicyclic) bond motifs is 1. The average Bonchev–Trinajstić information content (AvgIpc) is 2.69. The number of benzene rings is 1. The number of carbonyl (C=O) groups is 1. The number of carbonyl (C=O) groups excluding carboxylic acids is 1. The van der Waals surface area contributed by atoms with Crippen molar-refractivity contribution < 1.29 is 9.53 Å². The number of nitriles is 1. The standard InChI is InChI=1S/C10H8N2.C3H6O2/c1-12-9(7-11)6-8-4-2-3-5-10(8)12;1-2-5-3-4/h2-6H,1H3;3H,2H2,1H3. The fourth-order valence-electron chi connectivity index (χ4n) is 1.46. The predicted octanol–water partition coefficient (Wildman–Crippen LogP) is 2.23. The van der Waals surface area contributed by atoms with Crippen molar-refractivity contribution >= 4 is 17.4 Å². The van der Waals surface area contributed by atoms with E-state index in [1.807, 2.05) is 41.9 Å². The van der Waals surface area contributed by atoms with Crippen LogP contribution in [-0.4, -0.2) is 17.6 Å². The van der Waals surface area contributed by atoms with Crippen molar-refractivity contribution in [2.75, 3.05) is 6.61 Å². The molecule has 0 fully saturated rings. The van der Waals surface area contributed by atoms with Crippen LogP contribution in [0.1, 0.15) is 12.6 Å². The molecule has 88 valence electrons. The van der Waals surface area contributed by atoms with Crippen LogP contribution >= 0.6 is 0 Å². The van der Waals surface area contributed by atoms with Gasteiger partial charge in [-0.2, -0.15) is 5.26 Å². The number of hydrogen-bond acceptors (Lipinski definition) is 3. The van der Waals surface area contributed by atoms with E-state index in [1.165, 1.54) is 0 Å². The summed E-state index contributed by atoms with van der Waals surface area (Å²) in [6.07, 6.45) is 0. The topological polar surface area (TPSA) is 55.0 Å². The first-order valence-corrected chi connectivity index (χ1v) is 5.24. The summed E-state index contributed by atoms with van der Waals surface area (Å²) in [5.41, 5.74) is 1.81. The van der Waals surface area contributed by atoms with Crippen molar-refractivity contribution in [3.63, 3.8) is 0 Å². The van der Waals surface area contributed by atoms with E-state index in [1.54, 1.807) is 6.92 Å². The first kappa shape index (κ1) is 12.8. The van der Waals surface area contributed by atoms with Crippen LogP contribution in [0.5, 0.6) is 0 Å². The third kappa shape index (κ3) is 3.08. The normalized spacial score (nSPS) is 9.00. The number of aryl methyl sites for hydroxylation is 1. The van der Waals surface area contributed by atoms with E-state index in [9.17, 15) is 4.79 Å². The molecular weight excluding hydrogens is 216 g/mol. The predicted molar refractivity (Wildman–Crippen MR) is 65.3 cm³/mol. The Morgan fingerprint density at radius 3 is 2.65 bits per heavy atom. The second kappa shape index (κ2) is 6.33. The van der Waals surface area contributed by atoms with Crippen molar-refractivity contribution in [2.24, 2.45) is 7.05 Å². The van der Waals surface area contributed by atoms with Gasteiger partial charge in [-0.1, -0.05) is 18.2 Å². The van der Waals surface area contributed by atoms with Crippen molar-refractivity contribution in [1.29, 1.82) is 5.26 Å². The summed E-state index contributed by atoms with van der Waals surface area (Å²) in [4.78, 5) is 9.18. The summed E-state index contributed by atoms with van der Waals surface area (Å²) < 4.78 is 6.05. The first-order valence-electron chi connectivity index (χ1n) is 5.24. The van der Waals surface area contributed by atoms with E-state index in [0.29, 0.717) is 18.8 Å². The number of para-hydroxylation sites is 1. The third-order valence-corrected chi connectivity index (χ3v) is 2.30. The minimum Gasteiger partial charge on any atom is -0.468 e. The summed E-state index contributed by atoms with van der Waals surface area (Å²) in [6, 6.07) is 12.0. The lowest BCUT2D eigenvalue weighted by atomic mass is 10.2. The highest BCUT2D eigenvalue weighted by molar-refractivity contribution is 5.82. The largest absolute Gasteiger partial charge is 0.468 e. The van der Waals surface area contributed by atoms with Gasteiger partial charge in [-0.3, -0.25) is 4.79 Å². The fourth-order valence-corrected chi connectivity index (χ4v) is 1.46. The molecule has 0 N–H and O–H groups in total. The number of aromatic nitrogens is 1. The smallest absolute Gasteiger partial charge is 0.293 e. The van der Waals surface area contributed by atoms with Gasteiger partial charge in [0.1, 0.15) is 11.8 Å². The molecule has 1 heterocycles. The monoisotopic (exact) mass is 230 g/mol. The van der Waals surface area contributed by atoms with Gasteiger partial charge < -0.3 is 9.30 Å². The maximum atomic E-state index is 9.18. The van der Waals surface area contributed by atoms with Crippen molar-refractivity contribution in [2.45, 2.75) is 6.92 Å². The van der Waals surface area contributed by atoms with E-state index in [0.717, 1.165) is 10.9 Å². The van der Waals surface area contributed by atoms with Crippen LogP contribution in [-0.2, 0) is 16.6 Å². The van der Waals surface area contributed by atoms with E-state index >= 15 is 0 Å². The fraction of sp³-hybridized carbons (Fsp3) is 0.231. The quantitative estimate of drug-likeness (QED) is 0.743. The molecule has 0 atom stereocenters. The van der Waals surface area contributed by atoms with Gasteiger partial charge in [0.15, 0.2) is 0 Å². The van der Waals surface area contributed by atoms with Gasteiger partial charge in [0.05, 0.1) is 6.61 Å². The van der Waals surface area contributed by atoms with Gasteiger partial charge in [0.2, 0.25) is 0 Å². The maximum Gasteiger partial charge on any atom is 0.293 e. The molecule has 0 aliphatic heterocycles. The summed E-state index contributed by atoms with van der Waals surface area (Å²) in [5, 5.41) is 9.87. The SMILES string of the molecule is CCOC=O.Cn1c(C#N)cc2ccccc21. The number of ether oxygens (including phenoxy) is 1. The van der Waals surface area contributed by atoms with E-state index in [-0.39, 0.29) is 0 Å². The molecule has 0 amide bonds. The Bertz CT molecular complexity index is 538. The van der Waals surface area contributed by atoms with Crippen LogP contribution in [0.25, 0.3) is 10.9 Å². The van der Waals surface area contributed by atoms with Crippen LogP contribution in [0.2, 0.25) is 0 Å². The molecule has 0 bridgehead atoms. The van der Waals surface area contributed by atoms with Crippen LogP contribution in [0.4, 0.5) is 0 Å². The minimum absolute atomic E-state index is 0.431. The summed E-state index contributed by atoms with van der Waals surface area (Å²) in [6.45, 7) is 2.66. The molecule has 17 heavy (non-hydrogen) atoms. The van der Waals surface area contributed by atoms with E-state index in [2.05, 4.69) is 10.8 Å². The highest BCUT2D eigenvalue weighted by Crippen LogP contribution is 2.16. The lowest BCUT2D eigenvalue weighted by Crippen LogP contribution is -1.89. The number of nitrogens with zero attached hydrogens (tertiary/aromatic N) is 2. The Kier molecular flexibility index (Phi) is 4.77. The lowest BCUT2D eigenvalue weighted by Gasteiger charge is -1.94. The van der Waals surface area contributed by atoms with Crippen LogP contribution in [0, 0.1) is 11.3 Å². The van der Waals surface area contributed by atoms with Crippen LogP contribution in [0.15, 0.2) is 30.3 Å². The van der Waals surface area contributed by atoms with Crippen LogP contribution in [0.3, 0.4) is 0 Å². The Morgan fingerprint density at radius 2 is 2.18 bits per heavy atom. The highest BCUT2D eigenvalue weighted by atomic mass is 16.5. The van der Waals surface area contributed by atoms with Gasteiger partial charge >= 0.3 is 0 Å². The number of rotatable bonds is 2. The van der Waals surface area contributed by atoms with Gasteiger partial charge in [-0.05, 0) is 19.1 Å². The second-order valence-corrected chi connectivity index (χ2v) is 3.31. The molecule has 2 rings (SSSR count). The van der Waals surface area contributed by atoms with Gasteiger partial charge in [-0.25, -0.2) is 0 Å². The molecule has 0 aliphatic rings. The Hall–Kier alpha value is -2.28. The molecule has 1 aromatic carbocycles.